The number of aliphatic hydroxyl groups is 1. The van der Waals surface area contributed by atoms with E-state index in [0.29, 0.717) is 24.4 Å². The van der Waals surface area contributed by atoms with E-state index in [9.17, 15) is 9.59 Å². The number of nitrogens with zero attached hydrogens (tertiary/aromatic N) is 2. The van der Waals surface area contributed by atoms with Crippen LogP contribution in [0.1, 0.15) is 35.3 Å². The number of carbonyl (C=O) groups is 1. The number of benzene rings is 2. The lowest BCUT2D eigenvalue weighted by Gasteiger charge is -2.29. The van der Waals surface area contributed by atoms with Crippen LogP contribution in [-0.4, -0.2) is 53.9 Å². The molecule has 0 aliphatic rings. The minimum Gasteiger partial charge on any atom is -0.492 e. The molecule has 0 radical (unpaired) electrons. The number of amides is 1. The quantitative estimate of drug-likeness (QED) is 0.312. The van der Waals surface area contributed by atoms with Gasteiger partial charge in [0.25, 0.3) is 11.5 Å². The highest BCUT2D eigenvalue weighted by atomic mass is 16.5. The number of aromatic nitrogens is 2. The van der Waals surface area contributed by atoms with Crippen LogP contribution < -0.4 is 26.2 Å². The van der Waals surface area contributed by atoms with Gasteiger partial charge in [0.15, 0.2) is 5.82 Å². The third-order valence-electron chi connectivity index (χ3n) is 5.57. The average molecular weight is 480 g/mol. The largest absolute Gasteiger partial charge is 0.492 e. The third-order valence-corrected chi connectivity index (χ3v) is 5.57. The maximum atomic E-state index is 13.4. The number of hydrogen-bond donors (Lipinski definition) is 4. The molecule has 1 aromatic heterocycles. The predicted octanol–water partition coefficient (Wildman–Crippen LogP) is 2.21. The van der Waals surface area contributed by atoms with Crippen molar-refractivity contribution in [3.8, 4) is 11.4 Å². The molecule has 9 nitrogen and oxygen atoms in total. The normalized spacial score (nSPS) is 11.2. The first kappa shape index (κ1) is 25.9. The third kappa shape index (κ3) is 6.26. The molecule has 3 rings (SSSR count). The number of rotatable bonds is 11. The number of anilines is 1. The van der Waals surface area contributed by atoms with Gasteiger partial charge in [0.1, 0.15) is 12.4 Å². The summed E-state index contributed by atoms with van der Waals surface area (Å²) in [6.45, 7) is 7.02. The topological polar surface area (TPSA) is 118 Å². The fourth-order valence-electron chi connectivity index (χ4n) is 3.70. The summed E-state index contributed by atoms with van der Waals surface area (Å²) in [5.74, 6) is 0.586. The minimum absolute atomic E-state index is 0.150. The Bertz CT molecular complexity index is 1220. The summed E-state index contributed by atoms with van der Waals surface area (Å²) in [5.41, 5.74) is 1.68. The molecule has 0 saturated carbocycles. The fraction of sp³-hybridized carbons (Fsp3) is 0.346. The molecule has 186 valence electrons. The summed E-state index contributed by atoms with van der Waals surface area (Å²) in [7, 11) is 1.87. The van der Waals surface area contributed by atoms with Gasteiger partial charge < -0.3 is 25.8 Å². The van der Waals surface area contributed by atoms with E-state index in [2.05, 4.69) is 20.9 Å². The number of aliphatic hydroxyl groups excluding tert-OH is 1. The van der Waals surface area contributed by atoms with E-state index in [-0.39, 0.29) is 30.4 Å². The van der Waals surface area contributed by atoms with E-state index < -0.39 is 5.54 Å². The summed E-state index contributed by atoms with van der Waals surface area (Å²) < 4.78 is 7.42. The summed E-state index contributed by atoms with van der Waals surface area (Å²) in [6.07, 6.45) is 3.13. The SMILES string of the molecule is CNCCOc1ccccc1C(C)(C)Nc1nccn(-c2cc(C(=O)NCCO)ccc2C)c1=O. The maximum absolute atomic E-state index is 13.4. The number of aryl methyl sites for hydroxylation is 1. The van der Waals surface area contributed by atoms with Gasteiger partial charge in [-0.15, -0.1) is 0 Å². The predicted molar refractivity (Wildman–Crippen MR) is 137 cm³/mol. The van der Waals surface area contributed by atoms with Crippen molar-refractivity contribution in [2.24, 2.45) is 0 Å². The van der Waals surface area contributed by atoms with Crippen molar-refractivity contribution in [3.05, 3.63) is 81.9 Å². The Labute approximate surface area is 205 Å². The number of nitrogens with one attached hydrogen (secondary N) is 3. The molecule has 0 aliphatic heterocycles. The van der Waals surface area contributed by atoms with Crippen molar-refractivity contribution < 1.29 is 14.6 Å². The van der Waals surface area contributed by atoms with Gasteiger partial charge in [-0.05, 0) is 51.6 Å². The zero-order chi connectivity index (χ0) is 25.4. The van der Waals surface area contributed by atoms with Crippen LogP contribution >= 0.6 is 0 Å². The summed E-state index contributed by atoms with van der Waals surface area (Å²) >= 11 is 0. The van der Waals surface area contributed by atoms with Crippen LogP contribution in [0.4, 0.5) is 5.82 Å². The zero-order valence-corrected chi connectivity index (χ0v) is 20.6. The first-order valence-electron chi connectivity index (χ1n) is 11.5. The number of hydrogen-bond acceptors (Lipinski definition) is 7. The van der Waals surface area contributed by atoms with Crippen molar-refractivity contribution in [2.45, 2.75) is 26.3 Å². The zero-order valence-electron chi connectivity index (χ0n) is 20.6. The Morgan fingerprint density at radius 1 is 1.17 bits per heavy atom. The number of carbonyl (C=O) groups excluding carboxylic acids is 1. The lowest BCUT2D eigenvalue weighted by Crippen LogP contribution is -2.34. The van der Waals surface area contributed by atoms with Gasteiger partial charge in [-0.1, -0.05) is 24.3 Å². The van der Waals surface area contributed by atoms with Crippen LogP contribution in [-0.2, 0) is 5.54 Å². The van der Waals surface area contributed by atoms with Crippen LogP contribution in [0.25, 0.3) is 5.69 Å². The molecule has 0 unspecified atom stereocenters. The molecule has 0 saturated heterocycles. The van der Waals surface area contributed by atoms with E-state index in [1.807, 2.05) is 52.1 Å². The lowest BCUT2D eigenvalue weighted by molar-refractivity contribution is 0.0944. The first-order chi connectivity index (χ1) is 16.8. The molecule has 0 fully saturated rings. The molecule has 9 heteroatoms. The van der Waals surface area contributed by atoms with E-state index in [0.717, 1.165) is 16.9 Å². The summed E-state index contributed by atoms with van der Waals surface area (Å²) in [5, 5.41) is 17.9. The van der Waals surface area contributed by atoms with E-state index in [1.165, 1.54) is 4.57 Å². The fourth-order valence-corrected chi connectivity index (χ4v) is 3.70. The highest BCUT2D eigenvalue weighted by Gasteiger charge is 2.26. The minimum atomic E-state index is -0.664. The van der Waals surface area contributed by atoms with Crippen molar-refractivity contribution in [3.63, 3.8) is 0 Å². The van der Waals surface area contributed by atoms with Crippen LogP contribution in [0.3, 0.4) is 0 Å². The van der Waals surface area contributed by atoms with Gasteiger partial charge >= 0.3 is 0 Å². The van der Waals surface area contributed by atoms with E-state index in [1.54, 1.807) is 30.6 Å². The molecule has 35 heavy (non-hydrogen) atoms. The van der Waals surface area contributed by atoms with Gasteiger partial charge in [-0.25, -0.2) is 4.98 Å². The van der Waals surface area contributed by atoms with Gasteiger partial charge in [0, 0.05) is 36.6 Å². The van der Waals surface area contributed by atoms with Crippen LogP contribution in [0.5, 0.6) is 5.75 Å². The maximum Gasteiger partial charge on any atom is 0.297 e. The molecule has 2 aromatic carbocycles. The van der Waals surface area contributed by atoms with Gasteiger partial charge in [-0.2, -0.15) is 0 Å². The van der Waals surface area contributed by atoms with E-state index >= 15 is 0 Å². The molecule has 3 aromatic rings. The molecule has 0 spiro atoms. The Kier molecular flexibility index (Phi) is 8.62. The van der Waals surface area contributed by atoms with Crippen molar-refractivity contribution in [2.75, 3.05) is 38.7 Å². The smallest absolute Gasteiger partial charge is 0.297 e. The van der Waals surface area contributed by atoms with Crippen LogP contribution in [0, 0.1) is 6.92 Å². The van der Waals surface area contributed by atoms with Crippen molar-refractivity contribution >= 4 is 11.7 Å². The van der Waals surface area contributed by atoms with Crippen LogP contribution in [0.2, 0.25) is 0 Å². The van der Waals surface area contributed by atoms with Gasteiger partial charge in [0.05, 0.1) is 17.8 Å². The van der Waals surface area contributed by atoms with Crippen molar-refractivity contribution in [1.82, 2.24) is 20.2 Å². The summed E-state index contributed by atoms with van der Waals surface area (Å²) in [6, 6.07) is 12.8. The second-order valence-electron chi connectivity index (χ2n) is 8.63. The lowest BCUT2D eigenvalue weighted by atomic mass is 9.93. The highest BCUT2D eigenvalue weighted by Crippen LogP contribution is 2.31. The number of likely N-dealkylation sites (N-methyl/N-ethyl adjacent to an activating group) is 1. The van der Waals surface area contributed by atoms with Crippen LogP contribution in [0.15, 0.2) is 59.7 Å². The molecule has 0 bridgehead atoms. The molecule has 4 N–H and O–H groups in total. The molecule has 0 aliphatic carbocycles. The molecule has 1 amide bonds. The number of para-hydroxylation sites is 1. The first-order valence-corrected chi connectivity index (χ1v) is 11.5. The average Bonchev–Trinajstić information content (AvgIpc) is 2.84. The van der Waals surface area contributed by atoms with Gasteiger partial charge in [-0.3, -0.25) is 14.2 Å². The number of ether oxygens (including phenoxy) is 1. The second kappa shape index (κ2) is 11.6. The highest BCUT2D eigenvalue weighted by molar-refractivity contribution is 5.94. The Hall–Kier alpha value is -3.69. The van der Waals surface area contributed by atoms with Crippen molar-refractivity contribution in [1.29, 1.82) is 0 Å². The Morgan fingerprint density at radius 2 is 1.94 bits per heavy atom. The second-order valence-corrected chi connectivity index (χ2v) is 8.63. The van der Waals surface area contributed by atoms with E-state index in [4.69, 9.17) is 9.84 Å². The molecule has 1 heterocycles. The monoisotopic (exact) mass is 479 g/mol. The summed E-state index contributed by atoms with van der Waals surface area (Å²) in [4.78, 5) is 30.1. The van der Waals surface area contributed by atoms with Gasteiger partial charge in [0.2, 0.25) is 0 Å². The Morgan fingerprint density at radius 3 is 2.69 bits per heavy atom. The molecular weight excluding hydrogens is 446 g/mol. The molecule has 0 atom stereocenters. The standard InChI is InChI=1S/C26H33N5O4/c1-18-9-10-19(24(33)29-12-15-32)17-21(18)31-14-11-28-23(25(31)34)30-26(2,3)20-7-5-6-8-22(20)35-16-13-27-4/h5-11,14,17,27,32H,12-13,15-16H2,1-4H3,(H,28,30)(H,29,33). The Balaban J connectivity index is 1.94. The molecular formula is C26H33N5O4.